The predicted molar refractivity (Wildman–Crippen MR) is 114 cm³/mol. The molecule has 6 aromatic rings. The van der Waals surface area contributed by atoms with Gasteiger partial charge < -0.3 is 8.83 Å². The molecule has 0 fully saturated rings. The first kappa shape index (κ1) is 15.3. The van der Waals surface area contributed by atoms with E-state index in [1.165, 1.54) is 0 Å². The van der Waals surface area contributed by atoms with Gasteiger partial charge in [-0.2, -0.15) is 0 Å². The summed E-state index contributed by atoms with van der Waals surface area (Å²) < 4.78 is 11.9. The lowest BCUT2D eigenvalue weighted by atomic mass is 9.97. The van der Waals surface area contributed by atoms with Crippen molar-refractivity contribution in [1.29, 1.82) is 0 Å². The van der Waals surface area contributed by atoms with Gasteiger partial charge in [-0.15, -0.1) is 0 Å². The number of furan rings is 2. The molecule has 0 bridgehead atoms. The highest BCUT2D eigenvalue weighted by Gasteiger charge is 2.16. The molecule has 2 heterocycles. The second kappa shape index (κ2) is 5.86. The van der Waals surface area contributed by atoms with E-state index in [0.717, 1.165) is 55.0 Å². The lowest BCUT2D eigenvalue weighted by Crippen LogP contribution is -1.80. The van der Waals surface area contributed by atoms with E-state index >= 15 is 0 Å². The summed E-state index contributed by atoms with van der Waals surface area (Å²) in [6, 6.07) is 29.2. The SMILES string of the molecule is c1ccc(-c2coc3c2ccc2c3ccc3occ(-c4ccccc4)c32)cc1. The van der Waals surface area contributed by atoms with Crippen LogP contribution in [0.2, 0.25) is 0 Å². The van der Waals surface area contributed by atoms with Crippen LogP contribution in [0.4, 0.5) is 0 Å². The van der Waals surface area contributed by atoms with Gasteiger partial charge in [0.15, 0.2) is 0 Å². The van der Waals surface area contributed by atoms with Gasteiger partial charge in [0.05, 0.1) is 12.5 Å². The van der Waals surface area contributed by atoms with E-state index in [0.29, 0.717) is 0 Å². The topological polar surface area (TPSA) is 26.3 Å². The summed E-state index contributed by atoms with van der Waals surface area (Å²) in [7, 11) is 0. The fourth-order valence-corrected chi connectivity index (χ4v) is 4.11. The normalized spacial score (nSPS) is 11.6. The third-order valence-corrected chi connectivity index (χ3v) is 5.44. The average Bonchev–Trinajstić information content (AvgIpc) is 3.39. The van der Waals surface area contributed by atoms with Crippen LogP contribution in [0.15, 0.2) is 106 Å². The van der Waals surface area contributed by atoms with Gasteiger partial charge in [-0.05, 0) is 34.7 Å². The van der Waals surface area contributed by atoms with Crippen molar-refractivity contribution in [2.45, 2.75) is 0 Å². The Labute approximate surface area is 161 Å². The lowest BCUT2D eigenvalue weighted by molar-refractivity contribution is 0.617. The van der Waals surface area contributed by atoms with Crippen molar-refractivity contribution in [3.8, 4) is 22.3 Å². The Hall–Kier alpha value is -3.78. The van der Waals surface area contributed by atoms with Crippen LogP contribution in [0.3, 0.4) is 0 Å². The van der Waals surface area contributed by atoms with E-state index in [-0.39, 0.29) is 0 Å². The van der Waals surface area contributed by atoms with Crippen molar-refractivity contribution in [3.05, 3.63) is 97.5 Å². The van der Waals surface area contributed by atoms with Gasteiger partial charge in [0.1, 0.15) is 11.2 Å². The Morgan fingerprint density at radius 1 is 0.464 bits per heavy atom. The minimum Gasteiger partial charge on any atom is -0.464 e. The van der Waals surface area contributed by atoms with E-state index < -0.39 is 0 Å². The summed E-state index contributed by atoms with van der Waals surface area (Å²) in [6.07, 6.45) is 3.71. The molecule has 0 saturated heterocycles. The molecule has 0 spiro atoms. The molecular formula is C26H16O2. The summed E-state index contributed by atoms with van der Waals surface area (Å²) in [5.41, 5.74) is 6.34. The molecule has 132 valence electrons. The van der Waals surface area contributed by atoms with E-state index in [1.807, 2.05) is 30.7 Å². The molecular weight excluding hydrogens is 344 g/mol. The number of rotatable bonds is 2. The zero-order chi connectivity index (χ0) is 18.5. The van der Waals surface area contributed by atoms with Crippen LogP contribution in [0.25, 0.3) is 55.0 Å². The monoisotopic (exact) mass is 360 g/mol. The Morgan fingerprint density at radius 3 is 1.82 bits per heavy atom. The Morgan fingerprint density at radius 2 is 1.07 bits per heavy atom. The molecule has 0 aliphatic carbocycles. The van der Waals surface area contributed by atoms with E-state index in [2.05, 4.69) is 66.7 Å². The van der Waals surface area contributed by atoms with Crippen LogP contribution < -0.4 is 0 Å². The van der Waals surface area contributed by atoms with Crippen molar-refractivity contribution < 1.29 is 8.83 Å². The van der Waals surface area contributed by atoms with Gasteiger partial charge in [-0.1, -0.05) is 66.7 Å². The van der Waals surface area contributed by atoms with Crippen molar-refractivity contribution >= 4 is 32.7 Å². The van der Waals surface area contributed by atoms with Crippen molar-refractivity contribution in [1.82, 2.24) is 0 Å². The molecule has 2 aromatic heterocycles. The van der Waals surface area contributed by atoms with Gasteiger partial charge in [0.25, 0.3) is 0 Å². The first-order chi connectivity index (χ1) is 13.9. The summed E-state index contributed by atoms with van der Waals surface area (Å²) in [5.74, 6) is 0. The number of hydrogen-bond donors (Lipinski definition) is 0. The molecule has 2 nitrogen and oxygen atoms in total. The van der Waals surface area contributed by atoms with Gasteiger partial charge in [-0.3, -0.25) is 0 Å². The van der Waals surface area contributed by atoms with Gasteiger partial charge in [0.2, 0.25) is 0 Å². The fourth-order valence-electron chi connectivity index (χ4n) is 4.11. The lowest BCUT2D eigenvalue weighted by Gasteiger charge is -2.04. The van der Waals surface area contributed by atoms with Gasteiger partial charge in [0, 0.05) is 27.3 Å². The largest absolute Gasteiger partial charge is 0.464 e. The summed E-state index contributed by atoms with van der Waals surface area (Å²) in [4.78, 5) is 0. The molecule has 0 unspecified atom stereocenters. The first-order valence-electron chi connectivity index (χ1n) is 9.35. The maximum Gasteiger partial charge on any atom is 0.142 e. The Bertz CT molecular complexity index is 1440. The van der Waals surface area contributed by atoms with Crippen molar-refractivity contribution in [2.75, 3.05) is 0 Å². The summed E-state index contributed by atoms with van der Waals surface area (Å²) in [5, 5.41) is 4.50. The van der Waals surface area contributed by atoms with Gasteiger partial charge in [-0.25, -0.2) is 0 Å². The molecule has 0 amide bonds. The van der Waals surface area contributed by atoms with E-state index in [1.54, 1.807) is 0 Å². The molecule has 4 aromatic carbocycles. The molecule has 0 aliphatic heterocycles. The molecule has 0 saturated carbocycles. The molecule has 0 N–H and O–H groups in total. The first-order valence-corrected chi connectivity index (χ1v) is 9.35. The van der Waals surface area contributed by atoms with Crippen LogP contribution in [-0.2, 0) is 0 Å². The second-order valence-corrected chi connectivity index (χ2v) is 7.01. The minimum absolute atomic E-state index is 0.889. The molecule has 0 radical (unpaired) electrons. The standard InChI is InChI=1S/C26H16O2/c1-3-7-17(8-4-1)22-15-28-26-20-13-14-24-25(19(20)11-12-21(22)26)23(16-27-24)18-9-5-2-6-10-18/h1-16H. The molecule has 2 heteroatoms. The maximum atomic E-state index is 6.06. The van der Waals surface area contributed by atoms with Crippen LogP contribution in [0.1, 0.15) is 0 Å². The van der Waals surface area contributed by atoms with Crippen molar-refractivity contribution in [2.24, 2.45) is 0 Å². The van der Waals surface area contributed by atoms with E-state index in [9.17, 15) is 0 Å². The quantitative estimate of drug-likeness (QED) is 0.317. The van der Waals surface area contributed by atoms with Crippen LogP contribution in [-0.4, -0.2) is 0 Å². The Kier molecular flexibility index (Phi) is 3.20. The minimum atomic E-state index is 0.889. The fraction of sp³-hybridized carbons (Fsp3) is 0. The van der Waals surface area contributed by atoms with Crippen LogP contribution in [0, 0.1) is 0 Å². The van der Waals surface area contributed by atoms with E-state index in [4.69, 9.17) is 8.83 Å². The highest BCUT2D eigenvalue weighted by Crippen LogP contribution is 2.40. The smallest absolute Gasteiger partial charge is 0.142 e. The summed E-state index contributed by atoms with van der Waals surface area (Å²) >= 11 is 0. The zero-order valence-corrected chi connectivity index (χ0v) is 15.1. The third-order valence-electron chi connectivity index (χ3n) is 5.44. The number of hydrogen-bond acceptors (Lipinski definition) is 2. The zero-order valence-electron chi connectivity index (χ0n) is 15.1. The molecule has 0 aliphatic rings. The maximum absolute atomic E-state index is 6.06. The summed E-state index contributed by atoms with van der Waals surface area (Å²) in [6.45, 7) is 0. The molecule has 0 atom stereocenters. The average molecular weight is 360 g/mol. The number of fused-ring (bicyclic) bond motifs is 5. The molecule has 28 heavy (non-hydrogen) atoms. The second-order valence-electron chi connectivity index (χ2n) is 7.01. The number of benzene rings is 4. The Balaban J connectivity index is 1.67. The highest BCUT2D eigenvalue weighted by atomic mass is 16.3. The predicted octanol–water partition coefficient (Wildman–Crippen LogP) is 7.67. The van der Waals surface area contributed by atoms with Crippen molar-refractivity contribution in [3.63, 3.8) is 0 Å². The highest BCUT2D eigenvalue weighted by molar-refractivity contribution is 6.20. The third kappa shape index (κ3) is 2.15. The van der Waals surface area contributed by atoms with Gasteiger partial charge >= 0.3 is 0 Å². The molecule has 6 rings (SSSR count). The van der Waals surface area contributed by atoms with Crippen LogP contribution >= 0.6 is 0 Å². The van der Waals surface area contributed by atoms with Crippen LogP contribution in [0.5, 0.6) is 0 Å².